The number of hydrogen-bond donors (Lipinski definition) is 0. The van der Waals surface area contributed by atoms with Gasteiger partial charge in [0.15, 0.2) is 0 Å². The van der Waals surface area contributed by atoms with Gasteiger partial charge in [0.05, 0.1) is 8.94 Å². The molecule has 0 spiro atoms. The van der Waals surface area contributed by atoms with Crippen molar-refractivity contribution in [2.75, 3.05) is 0 Å². The van der Waals surface area contributed by atoms with Crippen molar-refractivity contribution >= 4 is 34.0 Å². The Hall–Kier alpha value is -1.18. The molecule has 0 saturated carbocycles. The van der Waals surface area contributed by atoms with Crippen LogP contribution in [0, 0.1) is 6.57 Å². The van der Waals surface area contributed by atoms with E-state index < -0.39 is 10.3 Å². The summed E-state index contributed by atoms with van der Waals surface area (Å²) in [6.45, 7) is 14.4. The lowest BCUT2D eigenvalue weighted by Crippen LogP contribution is -2.38. The van der Waals surface area contributed by atoms with Crippen LogP contribution in [0.1, 0.15) is 39.7 Å². The average molecular weight is 305 g/mol. The van der Waals surface area contributed by atoms with Gasteiger partial charge in [-0.1, -0.05) is 54.3 Å². The van der Waals surface area contributed by atoms with Crippen molar-refractivity contribution in [3.05, 3.63) is 47.3 Å². The summed E-state index contributed by atoms with van der Waals surface area (Å²) in [6.07, 6.45) is 0.483. The zero-order chi connectivity index (χ0) is 15.4. The number of hydrogen-bond acceptors (Lipinski definition) is 3. The summed E-state index contributed by atoms with van der Waals surface area (Å²) in [5.74, 6) is 0.0532. The second-order valence-electron chi connectivity index (χ2n) is 5.64. The first-order chi connectivity index (χ1) is 9.20. The van der Waals surface area contributed by atoms with Crippen LogP contribution in [0.3, 0.4) is 0 Å². The van der Waals surface area contributed by atoms with E-state index in [4.69, 9.17) is 18.8 Å². The Labute approximate surface area is 130 Å². The van der Waals surface area contributed by atoms with Crippen molar-refractivity contribution < 1.29 is 4.79 Å². The number of ketones is 1. The molecule has 0 fully saturated rings. The highest BCUT2D eigenvalue weighted by Crippen LogP contribution is 2.38. The Morgan fingerprint density at radius 1 is 1.30 bits per heavy atom. The number of thiocarbonyl (C=S) groups is 1. The standard InChI is InChI=1S/C16H19NOS2/c1-12(18)16(4,11-15(2,3)17-5)20-14(19)13-9-7-6-8-10-13/h6-10H,11H2,1-4H3. The molecule has 0 heterocycles. The first-order valence-corrected chi connectivity index (χ1v) is 7.61. The maximum atomic E-state index is 12.0. The summed E-state index contributed by atoms with van der Waals surface area (Å²) in [7, 11) is 0. The van der Waals surface area contributed by atoms with E-state index >= 15 is 0 Å². The molecule has 1 atom stereocenters. The van der Waals surface area contributed by atoms with Crippen LogP contribution in [0.25, 0.3) is 4.85 Å². The Morgan fingerprint density at radius 3 is 2.30 bits per heavy atom. The zero-order valence-electron chi connectivity index (χ0n) is 12.3. The fourth-order valence-electron chi connectivity index (χ4n) is 1.94. The zero-order valence-corrected chi connectivity index (χ0v) is 13.9. The molecule has 1 unspecified atom stereocenters. The molecule has 106 valence electrons. The van der Waals surface area contributed by atoms with Crippen LogP contribution in [0.4, 0.5) is 0 Å². The monoisotopic (exact) mass is 305 g/mol. The van der Waals surface area contributed by atoms with Gasteiger partial charge in [-0.05, 0) is 19.4 Å². The predicted molar refractivity (Wildman–Crippen MR) is 90.1 cm³/mol. The largest absolute Gasteiger partial charge is 0.311 e. The van der Waals surface area contributed by atoms with Gasteiger partial charge in [0.2, 0.25) is 5.54 Å². The van der Waals surface area contributed by atoms with Crippen LogP contribution in [0.2, 0.25) is 0 Å². The molecule has 0 bridgehead atoms. The lowest BCUT2D eigenvalue weighted by atomic mass is 9.89. The Bertz CT molecular complexity index is 545. The highest BCUT2D eigenvalue weighted by Gasteiger charge is 2.41. The summed E-state index contributed by atoms with van der Waals surface area (Å²) < 4.78 is 0.0325. The van der Waals surface area contributed by atoms with Gasteiger partial charge in [0.25, 0.3) is 0 Å². The molecule has 0 aromatic heterocycles. The summed E-state index contributed by atoms with van der Waals surface area (Å²) in [4.78, 5) is 15.7. The minimum atomic E-state index is -0.666. The van der Waals surface area contributed by atoms with E-state index in [1.165, 1.54) is 11.8 Å². The molecule has 0 saturated heterocycles. The van der Waals surface area contributed by atoms with Gasteiger partial charge < -0.3 is 4.85 Å². The van der Waals surface area contributed by atoms with Gasteiger partial charge in [-0.2, -0.15) is 0 Å². The number of thioether (sulfide) groups is 1. The fraction of sp³-hybridized carbons (Fsp3) is 0.438. The third-order valence-corrected chi connectivity index (χ3v) is 4.93. The van der Waals surface area contributed by atoms with E-state index in [0.717, 1.165) is 5.56 Å². The fourth-order valence-corrected chi connectivity index (χ4v) is 3.86. The molecule has 0 aliphatic heterocycles. The van der Waals surface area contributed by atoms with E-state index in [9.17, 15) is 4.79 Å². The third kappa shape index (κ3) is 4.43. The van der Waals surface area contributed by atoms with Crippen LogP contribution >= 0.6 is 24.0 Å². The van der Waals surface area contributed by atoms with E-state index in [2.05, 4.69) is 4.85 Å². The van der Waals surface area contributed by atoms with Gasteiger partial charge in [-0.3, -0.25) is 4.79 Å². The number of carbonyl (C=O) groups is 1. The number of rotatable bonds is 5. The van der Waals surface area contributed by atoms with Crippen molar-refractivity contribution in [3.8, 4) is 0 Å². The number of benzene rings is 1. The SMILES string of the molecule is [C-]#[N+]C(C)(C)CC(C)(SC(=S)c1ccccc1)C(C)=O. The normalized spacial score (nSPS) is 14.2. The maximum absolute atomic E-state index is 12.0. The molecule has 0 aliphatic rings. The number of Topliss-reactive ketones (excluding diaryl/α,β-unsaturated/α-hetero) is 1. The minimum Gasteiger partial charge on any atom is -0.311 e. The third-order valence-electron chi connectivity index (χ3n) is 3.14. The summed E-state index contributed by atoms with van der Waals surface area (Å²) in [5, 5.41) is 0. The van der Waals surface area contributed by atoms with Crippen molar-refractivity contribution in [2.45, 2.75) is 44.4 Å². The van der Waals surface area contributed by atoms with Gasteiger partial charge in [0.1, 0.15) is 5.78 Å². The molecular weight excluding hydrogens is 286 g/mol. The van der Waals surface area contributed by atoms with Crippen molar-refractivity contribution in [2.24, 2.45) is 0 Å². The Morgan fingerprint density at radius 2 is 1.85 bits per heavy atom. The number of carbonyl (C=O) groups excluding carboxylic acids is 1. The van der Waals surface area contributed by atoms with Crippen LogP contribution < -0.4 is 0 Å². The summed E-state index contributed by atoms with van der Waals surface area (Å²) in [6, 6.07) is 9.67. The van der Waals surface area contributed by atoms with Crippen LogP contribution in [-0.2, 0) is 4.79 Å². The van der Waals surface area contributed by atoms with Crippen LogP contribution in [0.5, 0.6) is 0 Å². The highest BCUT2D eigenvalue weighted by atomic mass is 32.2. The molecular formula is C16H19NOS2. The van der Waals surface area contributed by atoms with Crippen molar-refractivity contribution in [1.29, 1.82) is 0 Å². The topological polar surface area (TPSA) is 21.4 Å². The maximum Gasteiger partial charge on any atom is 0.228 e. The van der Waals surface area contributed by atoms with E-state index in [0.29, 0.717) is 10.6 Å². The van der Waals surface area contributed by atoms with Gasteiger partial charge in [0, 0.05) is 20.3 Å². The van der Waals surface area contributed by atoms with E-state index in [1.54, 1.807) is 6.92 Å². The highest BCUT2D eigenvalue weighted by molar-refractivity contribution is 8.25. The number of nitrogens with zero attached hydrogens (tertiary/aromatic N) is 1. The molecule has 1 aromatic rings. The van der Waals surface area contributed by atoms with Gasteiger partial charge in [-0.25, -0.2) is 6.57 Å². The predicted octanol–water partition coefficient (Wildman–Crippen LogP) is 4.53. The van der Waals surface area contributed by atoms with Crippen molar-refractivity contribution in [1.82, 2.24) is 0 Å². The first-order valence-electron chi connectivity index (χ1n) is 6.38. The molecule has 4 heteroatoms. The molecule has 0 radical (unpaired) electrons. The second-order valence-corrected chi connectivity index (χ2v) is 7.82. The van der Waals surface area contributed by atoms with Crippen LogP contribution in [0.15, 0.2) is 30.3 Å². The van der Waals surface area contributed by atoms with E-state index in [-0.39, 0.29) is 5.78 Å². The first kappa shape index (κ1) is 16.9. The molecule has 1 aromatic carbocycles. The Kier molecular flexibility index (Phi) is 5.50. The minimum absolute atomic E-state index is 0.0532. The smallest absolute Gasteiger partial charge is 0.228 e. The molecule has 0 N–H and O–H groups in total. The molecule has 20 heavy (non-hydrogen) atoms. The van der Waals surface area contributed by atoms with Gasteiger partial charge >= 0.3 is 0 Å². The average Bonchev–Trinajstić information content (AvgIpc) is 2.39. The van der Waals surface area contributed by atoms with Gasteiger partial charge in [-0.15, -0.1) is 0 Å². The van der Waals surface area contributed by atoms with E-state index in [1.807, 2.05) is 51.1 Å². The summed E-state index contributed by atoms with van der Waals surface area (Å²) in [5.41, 5.74) is 0.375. The summed E-state index contributed by atoms with van der Waals surface area (Å²) >= 11 is 6.84. The lowest BCUT2D eigenvalue weighted by molar-refractivity contribution is -0.119. The quantitative estimate of drug-likeness (QED) is 0.589. The van der Waals surface area contributed by atoms with Crippen molar-refractivity contribution in [3.63, 3.8) is 0 Å². The van der Waals surface area contributed by atoms with Crippen LogP contribution in [-0.4, -0.2) is 20.3 Å². The molecule has 0 aliphatic carbocycles. The molecule has 1 rings (SSSR count). The lowest BCUT2D eigenvalue weighted by Gasteiger charge is -2.29. The molecule has 2 nitrogen and oxygen atoms in total. The molecule has 0 amide bonds. The second kappa shape index (κ2) is 6.51. The Balaban J connectivity index is 2.96.